The molecular formula is C16H16ClNO3. The molecular weight excluding hydrogens is 290 g/mol. The van der Waals surface area contributed by atoms with Gasteiger partial charge in [0.15, 0.2) is 11.5 Å². The largest absolute Gasteiger partial charge is 0.488 e. The highest BCUT2D eigenvalue weighted by atomic mass is 35.5. The van der Waals surface area contributed by atoms with Crippen LogP contribution in [0.15, 0.2) is 47.4 Å². The van der Waals surface area contributed by atoms with E-state index in [1.807, 2.05) is 6.92 Å². The Morgan fingerprint density at radius 3 is 2.62 bits per heavy atom. The average Bonchev–Trinajstić information content (AvgIpc) is 2.49. The van der Waals surface area contributed by atoms with Crippen molar-refractivity contribution in [3.8, 4) is 5.75 Å². The number of ether oxygens (including phenoxy) is 1. The van der Waals surface area contributed by atoms with E-state index in [0.717, 1.165) is 6.42 Å². The van der Waals surface area contributed by atoms with Crippen molar-refractivity contribution < 1.29 is 9.53 Å². The molecule has 2 aromatic rings. The minimum atomic E-state index is -0.298. The molecule has 0 fully saturated rings. The van der Waals surface area contributed by atoms with Crippen LogP contribution >= 0.6 is 11.6 Å². The van der Waals surface area contributed by atoms with Gasteiger partial charge in [0.2, 0.25) is 0 Å². The van der Waals surface area contributed by atoms with Crippen LogP contribution in [0, 0.1) is 0 Å². The van der Waals surface area contributed by atoms with E-state index in [1.165, 1.54) is 4.57 Å². The van der Waals surface area contributed by atoms with Crippen LogP contribution in [0.25, 0.3) is 0 Å². The molecule has 0 unspecified atom stereocenters. The van der Waals surface area contributed by atoms with Crippen LogP contribution in [-0.4, -0.2) is 17.0 Å². The zero-order valence-electron chi connectivity index (χ0n) is 11.7. The van der Waals surface area contributed by atoms with E-state index in [0.29, 0.717) is 17.2 Å². The van der Waals surface area contributed by atoms with Gasteiger partial charge >= 0.3 is 0 Å². The predicted molar refractivity (Wildman–Crippen MR) is 82.3 cm³/mol. The van der Waals surface area contributed by atoms with Crippen molar-refractivity contribution in [3.63, 3.8) is 0 Å². The summed E-state index contributed by atoms with van der Waals surface area (Å²) in [6.07, 6.45) is 2.40. The van der Waals surface area contributed by atoms with Crippen molar-refractivity contribution in [1.29, 1.82) is 0 Å². The molecule has 2 rings (SSSR count). The zero-order chi connectivity index (χ0) is 15.2. The van der Waals surface area contributed by atoms with Crippen molar-refractivity contribution in [2.75, 3.05) is 6.61 Å². The van der Waals surface area contributed by atoms with Crippen molar-refractivity contribution >= 4 is 17.4 Å². The van der Waals surface area contributed by atoms with Gasteiger partial charge in [0.1, 0.15) is 0 Å². The lowest BCUT2D eigenvalue weighted by atomic mass is 10.1. The number of hydrogen-bond donors (Lipinski definition) is 0. The highest BCUT2D eigenvalue weighted by Crippen LogP contribution is 2.11. The molecule has 0 atom stereocenters. The van der Waals surface area contributed by atoms with E-state index in [-0.39, 0.29) is 23.6 Å². The second-order valence-electron chi connectivity index (χ2n) is 4.58. The summed E-state index contributed by atoms with van der Waals surface area (Å²) in [6, 6.07) is 9.90. The first-order valence-corrected chi connectivity index (χ1v) is 7.10. The van der Waals surface area contributed by atoms with E-state index in [4.69, 9.17) is 16.3 Å². The highest BCUT2D eigenvalue weighted by Gasteiger charge is 2.10. The third-order valence-electron chi connectivity index (χ3n) is 2.93. The fourth-order valence-corrected chi connectivity index (χ4v) is 1.97. The topological polar surface area (TPSA) is 48.3 Å². The maximum Gasteiger partial charge on any atom is 0.293 e. The maximum absolute atomic E-state index is 12.2. The maximum atomic E-state index is 12.2. The van der Waals surface area contributed by atoms with Crippen molar-refractivity contribution in [3.05, 3.63) is 63.5 Å². The quantitative estimate of drug-likeness (QED) is 0.770. The summed E-state index contributed by atoms with van der Waals surface area (Å²) in [4.78, 5) is 24.3. The fourth-order valence-electron chi connectivity index (χ4n) is 1.84. The molecule has 110 valence electrons. The number of halogens is 1. The Morgan fingerprint density at radius 1 is 1.24 bits per heavy atom. The van der Waals surface area contributed by atoms with Gasteiger partial charge in [-0.25, -0.2) is 0 Å². The van der Waals surface area contributed by atoms with E-state index >= 15 is 0 Å². The number of aromatic nitrogens is 1. The molecule has 0 spiro atoms. The minimum Gasteiger partial charge on any atom is -0.488 e. The molecule has 4 nitrogen and oxygen atoms in total. The molecule has 0 aliphatic rings. The molecule has 5 heteroatoms. The number of benzene rings is 1. The van der Waals surface area contributed by atoms with E-state index in [9.17, 15) is 9.59 Å². The Morgan fingerprint density at radius 2 is 1.95 bits per heavy atom. The summed E-state index contributed by atoms with van der Waals surface area (Å²) >= 11 is 5.79. The smallest absolute Gasteiger partial charge is 0.293 e. The number of nitrogens with zero attached hydrogens (tertiary/aromatic N) is 1. The van der Waals surface area contributed by atoms with Gasteiger partial charge in [0, 0.05) is 16.8 Å². The standard InChI is InChI=1S/C16H16ClNO3/c1-2-10-21-15-4-3-9-18(16(15)20)11-14(19)12-5-7-13(17)8-6-12/h3-9H,2,10-11H2,1H3. The molecule has 0 saturated heterocycles. The van der Waals surface area contributed by atoms with Gasteiger partial charge in [-0.15, -0.1) is 0 Å². The second kappa shape index (κ2) is 7.09. The molecule has 0 bridgehead atoms. The van der Waals surface area contributed by atoms with Gasteiger partial charge < -0.3 is 9.30 Å². The highest BCUT2D eigenvalue weighted by molar-refractivity contribution is 6.30. The van der Waals surface area contributed by atoms with Gasteiger partial charge in [0.05, 0.1) is 13.2 Å². The van der Waals surface area contributed by atoms with Gasteiger partial charge in [-0.3, -0.25) is 9.59 Å². The molecule has 0 saturated carbocycles. The first-order chi connectivity index (χ1) is 10.1. The van der Waals surface area contributed by atoms with Crippen molar-refractivity contribution in [1.82, 2.24) is 4.57 Å². The summed E-state index contributed by atoms with van der Waals surface area (Å²) in [7, 11) is 0. The third-order valence-corrected chi connectivity index (χ3v) is 3.18. The number of carbonyl (C=O) groups excluding carboxylic acids is 1. The van der Waals surface area contributed by atoms with Crippen LogP contribution < -0.4 is 10.3 Å². The SMILES string of the molecule is CCCOc1cccn(CC(=O)c2ccc(Cl)cc2)c1=O. The molecule has 1 heterocycles. The van der Waals surface area contributed by atoms with E-state index in [2.05, 4.69) is 0 Å². The summed E-state index contributed by atoms with van der Waals surface area (Å²) in [5.41, 5.74) is 0.222. The number of pyridine rings is 1. The summed E-state index contributed by atoms with van der Waals surface area (Å²) < 4.78 is 6.72. The van der Waals surface area contributed by atoms with Crippen molar-refractivity contribution in [2.24, 2.45) is 0 Å². The van der Waals surface area contributed by atoms with Crippen LogP contribution in [0.1, 0.15) is 23.7 Å². The zero-order valence-corrected chi connectivity index (χ0v) is 12.5. The summed E-state index contributed by atoms with van der Waals surface area (Å²) in [5, 5.41) is 0.568. The number of carbonyl (C=O) groups is 1. The first-order valence-electron chi connectivity index (χ1n) is 6.73. The second-order valence-corrected chi connectivity index (χ2v) is 5.02. The number of rotatable bonds is 6. The van der Waals surface area contributed by atoms with Crippen LogP contribution in [0.2, 0.25) is 5.02 Å². The third kappa shape index (κ3) is 3.95. The Hall–Kier alpha value is -2.07. The van der Waals surface area contributed by atoms with Crippen LogP contribution in [-0.2, 0) is 6.54 Å². The van der Waals surface area contributed by atoms with E-state index in [1.54, 1.807) is 42.6 Å². The van der Waals surface area contributed by atoms with Gasteiger partial charge in [-0.05, 0) is 42.8 Å². The van der Waals surface area contributed by atoms with Crippen LogP contribution in [0.5, 0.6) is 5.75 Å². The van der Waals surface area contributed by atoms with E-state index < -0.39 is 0 Å². The van der Waals surface area contributed by atoms with Gasteiger partial charge in [-0.2, -0.15) is 0 Å². The molecule has 21 heavy (non-hydrogen) atoms. The Kier molecular flexibility index (Phi) is 5.17. The van der Waals surface area contributed by atoms with Crippen LogP contribution in [0.4, 0.5) is 0 Å². The number of hydrogen-bond acceptors (Lipinski definition) is 3. The molecule has 1 aromatic heterocycles. The summed E-state index contributed by atoms with van der Waals surface area (Å²) in [6.45, 7) is 2.42. The number of ketones is 1. The molecule has 0 radical (unpaired) electrons. The Bertz CT molecular complexity index is 677. The monoisotopic (exact) mass is 305 g/mol. The molecule has 0 aliphatic heterocycles. The lowest BCUT2D eigenvalue weighted by Gasteiger charge is -2.08. The normalized spacial score (nSPS) is 10.4. The van der Waals surface area contributed by atoms with Gasteiger partial charge in [0.25, 0.3) is 5.56 Å². The number of Topliss-reactive ketones (excluding diaryl/α,β-unsaturated/α-hetero) is 1. The van der Waals surface area contributed by atoms with Crippen LogP contribution in [0.3, 0.4) is 0 Å². The predicted octanol–water partition coefficient (Wildman–Crippen LogP) is 3.17. The molecule has 0 amide bonds. The molecule has 0 aliphatic carbocycles. The lowest BCUT2D eigenvalue weighted by molar-refractivity contribution is 0.0970. The van der Waals surface area contributed by atoms with Gasteiger partial charge in [-0.1, -0.05) is 18.5 Å². The fraction of sp³-hybridized carbons (Fsp3) is 0.250. The Labute approximate surface area is 127 Å². The lowest BCUT2D eigenvalue weighted by Crippen LogP contribution is -2.25. The summed E-state index contributed by atoms with van der Waals surface area (Å²) in [5.74, 6) is 0.115. The average molecular weight is 306 g/mol. The molecule has 0 N–H and O–H groups in total. The van der Waals surface area contributed by atoms with Crippen molar-refractivity contribution in [2.45, 2.75) is 19.9 Å². The first kappa shape index (κ1) is 15.3. The minimum absolute atomic E-state index is 0.0240. The Balaban J connectivity index is 2.17. The molecule has 1 aromatic carbocycles.